The van der Waals surface area contributed by atoms with Crippen LogP contribution < -0.4 is 10.5 Å². The van der Waals surface area contributed by atoms with E-state index in [4.69, 9.17) is 10.5 Å². The van der Waals surface area contributed by atoms with Gasteiger partial charge in [-0.1, -0.05) is 6.07 Å². The second-order valence-electron chi connectivity index (χ2n) is 3.92. The topological polar surface area (TPSA) is 35.2 Å². The van der Waals surface area contributed by atoms with Crippen molar-refractivity contribution in [1.29, 1.82) is 0 Å². The summed E-state index contributed by atoms with van der Waals surface area (Å²) in [6, 6.07) is 6.64. The maximum absolute atomic E-state index is 12.6. The van der Waals surface area contributed by atoms with Crippen molar-refractivity contribution in [3.05, 3.63) is 52.2 Å². The Morgan fingerprint density at radius 2 is 2.05 bits per heavy atom. The van der Waals surface area contributed by atoms with Gasteiger partial charge < -0.3 is 10.5 Å². The number of hydrogen-bond acceptors (Lipinski definition) is 3. The molecule has 1 heterocycles. The third-order valence-electron chi connectivity index (χ3n) is 2.57. The van der Waals surface area contributed by atoms with Crippen molar-refractivity contribution in [2.45, 2.75) is 12.3 Å². The van der Waals surface area contributed by atoms with Crippen LogP contribution in [-0.2, 0) is 6.18 Å². The fourth-order valence-electron chi connectivity index (χ4n) is 1.62. The fraction of sp³-hybridized carbons (Fsp3) is 0.231. The molecule has 2 aromatic rings. The van der Waals surface area contributed by atoms with E-state index in [0.717, 1.165) is 17.7 Å². The van der Waals surface area contributed by atoms with Gasteiger partial charge in [-0.05, 0) is 35.0 Å². The Kier molecular flexibility index (Phi) is 4.11. The van der Waals surface area contributed by atoms with Gasteiger partial charge in [-0.25, -0.2) is 0 Å². The minimum Gasteiger partial charge on any atom is -0.484 e. The summed E-state index contributed by atoms with van der Waals surface area (Å²) in [5.74, 6) is 0.163. The minimum absolute atomic E-state index is 0.163. The highest BCUT2D eigenvalue weighted by molar-refractivity contribution is 7.07. The maximum atomic E-state index is 12.6. The van der Waals surface area contributed by atoms with Crippen molar-refractivity contribution in [1.82, 2.24) is 0 Å². The average Bonchev–Trinajstić information content (AvgIpc) is 2.89. The molecule has 0 aliphatic heterocycles. The zero-order valence-corrected chi connectivity index (χ0v) is 10.7. The number of nitrogens with two attached hydrogens (primary N) is 1. The molecule has 0 aliphatic rings. The van der Waals surface area contributed by atoms with Crippen LogP contribution in [0.25, 0.3) is 0 Å². The van der Waals surface area contributed by atoms with Crippen LogP contribution in [-0.4, -0.2) is 6.54 Å². The number of rotatable bonds is 4. The van der Waals surface area contributed by atoms with E-state index in [2.05, 4.69) is 0 Å². The van der Waals surface area contributed by atoms with Gasteiger partial charge in [0.25, 0.3) is 0 Å². The van der Waals surface area contributed by atoms with Gasteiger partial charge in [0.2, 0.25) is 0 Å². The van der Waals surface area contributed by atoms with Crippen molar-refractivity contribution < 1.29 is 17.9 Å². The monoisotopic (exact) mass is 287 g/mol. The van der Waals surface area contributed by atoms with Gasteiger partial charge in [-0.15, -0.1) is 0 Å². The summed E-state index contributed by atoms with van der Waals surface area (Å²) in [4.78, 5) is 0. The number of alkyl halides is 3. The van der Waals surface area contributed by atoms with Crippen molar-refractivity contribution >= 4 is 11.3 Å². The molecule has 0 saturated carbocycles. The molecule has 0 amide bonds. The zero-order chi connectivity index (χ0) is 13.9. The van der Waals surface area contributed by atoms with Gasteiger partial charge in [-0.2, -0.15) is 24.5 Å². The third-order valence-corrected chi connectivity index (χ3v) is 3.27. The van der Waals surface area contributed by atoms with Crippen LogP contribution in [0.4, 0.5) is 13.2 Å². The second-order valence-corrected chi connectivity index (χ2v) is 4.70. The van der Waals surface area contributed by atoms with Gasteiger partial charge in [0, 0.05) is 12.1 Å². The Hall–Kier alpha value is -1.53. The van der Waals surface area contributed by atoms with Crippen LogP contribution in [0.3, 0.4) is 0 Å². The largest absolute Gasteiger partial charge is 0.484 e. The Morgan fingerprint density at radius 3 is 2.63 bits per heavy atom. The van der Waals surface area contributed by atoms with E-state index >= 15 is 0 Å². The van der Waals surface area contributed by atoms with Crippen molar-refractivity contribution in [3.63, 3.8) is 0 Å². The Morgan fingerprint density at radius 1 is 1.26 bits per heavy atom. The second kappa shape index (κ2) is 5.63. The number of benzene rings is 1. The van der Waals surface area contributed by atoms with Crippen LogP contribution >= 0.6 is 11.3 Å². The smallest absolute Gasteiger partial charge is 0.416 e. The number of thiophene rings is 1. The summed E-state index contributed by atoms with van der Waals surface area (Å²) in [5, 5.41) is 3.73. The Labute approximate surface area is 112 Å². The zero-order valence-electron chi connectivity index (χ0n) is 9.85. The van der Waals surface area contributed by atoms with Gasteiger partial charge in [-0.3, -0.25) is 0 Å². The van der Waals surface area contributed by atoms with E-state index in [1.807, 2.05) is 16.8 Å². The van der Waals surface area contributed by atoms with E-state index in [-0.39, 0.29) is 12.3 Å². The lowest BCUT2D eigenvalue weighted by Crippen LogP contribution is -2.18. The molecule has 0 aliphatic carbocycles. The predicted octanol–water partition coefficient (Wildman–Crippen LogP) is 3.85. The molecule has 0 saturated heterocycles. The lowest BCUT2D eigenvalue weighted by Gasteiger charge is -2.17. The minimum atomic E-state index is -4.38. The number of ether oxygens (including phenoxy) is 1. The van der Waals surface area contributed by atoms with Crippen LogP contribution in [0.2, 0.25) is 0 Å². The maximum Gasteiger partial charge on any atom is 0.416 e. The molecule has 0 bridgehead atoms. The van der Waals surface area contributed by atoms with Crippen LogP contribution in [0.5, 0.6) is 5.75 Å². The first-order chi connectivity index (χ1) is 9.00. The molecule has 19 heavy (non-hydrogen) atoms. The average molecular weight is 287 g/mol. The molecule has 0 spiro atoms. The van der Waals surface area contributed by atoms with Gasteiger partial charge in [0.05, 0.1) is 5.56 Å². The third kappa shape index (κ3) is 3.48. The summed E-state index contributed by atoms with van der Waals surface area (Å²) in [5.41, 5.74) is 5.73. The molecular formula is C13H12F3NOS. The highest BCUT2D eigenvalue weighted by Crippen LogP contribution is 2.32. The van der Waals surface area contributed by atoms with Gasteiger partial charge in [0.1, 0.15) is 11.9 Å². The lowest BCUT2D eigenvalue weighted by atomic mass is 10.2. The first kappa shape index (κ1) is 13.9. The predicted molar refractivity (Wildman–Crippen MR) is 68.2 cm³/mol. The van der Waals surface area contributed by atoms with E-state index in [9.17, 15) is 13.2 Å². The van der Waals surface area contributed by atoms with Crippen molar-refractivity contribution in [3.8, 4) is 5.75 Å². The lowest BCUT2D eigenvalue weighted by molar-refractivity contribution is -0.137. The van der Waals surface area contributed by atoms with Gasteiger partial charge in [0.15, 0.2) is 0 Å². The normalized spacial score (nSPS) is 13.3. The molecule has 6 heteroatoms. The molecule has 2 rings (SSSR count). The summed E-state index contributed by atoms with van der Waals surface area (Å²) < 4.78 is 43.3. The molecule has 0 fully saturated rings. The molecule has 0 radical (unpaired) electrons. The van der Waals surface area contributed by atoms with E-state index < -0.39 is 17.8 Å². The number of halogens is 3. The van der Waals surface area contributed by atoms with Gasteiger partial charge >= 0.3 is 6.18 Å². The van der Waals surface area contributed by atoms with Crippen LogP contribution in [0.15, 0.2) is 41.1 Å². The molecule has 1 aromatic carbocycles. The first-order valence-corrected chi connectivity index (χ1v) is 6.51. The Bertz CT molecular complexity index is 525. The van der Waals surface area contributed by atoms with Crippen LogP contribution in [0, 0.1) is 0 Å². The Balaban J connectivity index is 2.19. The highest BCUT2D eigenvalue weighted by atomic mass is 32.1. The molecule has 102 valence electrons. The quantitative estimate of drug-likeness (QED) is 0.927. The fourth-order valence-corrected chi connectivity index (χ4v) is 2.32. The summed E-state index contributed by atoms with van der Waals surface area (Å²) >= 11 is 1.49. The van der Waals surface area contributed by atoms with Crippen molar-refractivity contribution in [2.24, 2.45) is 5.73 Å². The van der Waals surface area contributed by atoms with E-state index in [1.54, 1.807) is 0 Å². The highest BCUT2D eigenvalue weighted by Gasteiger charge is 2.30. The first-order valence-electron chi connectivity index (χ1n) is 5.57. The molecular weight excluding hydrogens is 275 g/mol. The standard InChI is InChI=1S/C13H12F3NOS/c14-13(15,16)10-2-1-3-11(6-10)18-12(7-17)9-4-5-19-8-9/h1-6,8,12H,7,17H2. The molecule has 1 aromatic heterocycles. The summed E-state index contributed by atoms with van der Waals surface area (Å²) in [6.45, 7) is 0.201. The van der Waals surface area contributed by atoms with Crippen molar-refractivity contribution in [2.75, 3.05) is 6.54 Å². The molecule has 2 nitrogen and oxygen atoms in total. The number of hydrogen-bond donors (Lipinski definition) is 1. The van der Waals surface area contributed by atoms with E-state index in [1.165, 1.54) is 23.5 Å². The molecule has 2 N–H and O–H groups in total. The summed E-state index contributed by atoms with van der Waals surface area (Å²) in [7, 11) is 0. The molecule has 1 atom stereocenters. The summed E-state index contributed by atoms with van der Waals surface area (Å²) in [6.07, 6.45) is -4.81. The SMILES string of the molecule is NCC(Oc1cccc(C(F)(F)F)c1)c1ccsc1. The molecule has 1 unspecified atom stereocenters. The van der Waals surface area contributed by atoms with Crippen LogP contribution in [0.1, 0.15) is 17.2 Å². The van der Waals surface area contributed by atoms with E-state index in [0.29, 0.717) is 0 Å².